The molecule has 1 fully saturated rings. The number of carboxylic acid groups (broad SMARTS) is 1. The smallest absolute Gasteiger partial charge is 0.326 e. The van der Waals surface area contributed by atoms with Crippen molar-refractivity contribution in [2.45, 2.75) is 25.3 Å². The molecule has 4 nitrogen and oxygen atoms in total. The summed E-state index contributed by atoms with van der Waals surface area (Å²) in [5, 5.41) is 9.31. The number of amides is 1. The maximum atomic E-state index is 12.4. The summed E-state index contributed by atoms with van der Waals surface area (Å²) >= 11 is 0. The molecule has 1 N–H and O–H groups in total. The van der Waals surface area contributed by atoms with Crippen LogP contribution in [0.15, 0.2) is 24.3 Å². The van der Waals surface area contributed by atoms with Crippen LogP contribution in [0.2, 0.25) is 0 Å². The summed E-state index contributed by atoms with van der Waals surface area (Å²) in [5.74, 6) is -0.849. The van der Waals surface area contributed by atoms with E-state index in [1.807, 2.05) is 18.2 Å². The van der Waals surface area contributed by atoms with Gasteiger partial charge in [0, 0.05) is 12.1 Å². The highest BCUT2D eigenvalue weighted by molar-refractivity contribution is 5.99. The number of hydrogen-bond acceptors (Lipinski definition) is 2. The molecule has 18 heavy (non-hydrogen) atoms. The van der Waals surface area contributed by atoms with Gasteiger partial charge in [0.25, 0.3) is 5.91 Å². The van der Waals surface area contributed by atoms with E-state index in [2.05, 4.69) is 0 Å². The van der Waals surface area contributed by atoms with Gasteiger partial charge in [-0.3, -0.25) is 4.79 Å². The highest BCUT2D eigenvalue weighted by atomic mass is 16.4. The molecule has 0 spiro atoms. The van der Waals surface area contributed by atoms with Crippen LogP contribution in [0.4, 0.5) is 0 Å². The third-order valence-electron chi connectivity index (χ3n) is 3.79. The molecule has 1 amide bonds. The maximum absolute atomic E-state index is 12.4. The molecule has 1 saturated carbocycles. The predicted octanol–water partition coefficient (Wildman–Crippen LogP) is 1.55. The number of rotatable bonds is 3. The lowest BCUT2D eigenvalue weighted by molar-refractivity contribution is -0.143. The third kappa shape index (κ3) is 1.78. The Labute approximate surface area is 105 Å². The highest BCUT2D eigenvalue weighted by Crippen LogP contribution is 2.37. The second-order valence-electron chi connectivity index (χ2n) is 5.03. The zero-order valence-corrected chi connectivity index (χ0v) is 10.0. The van der Waals surface area contributed by atoms with Crippen molar-refractivity contribution in [1.82, 2.24) is 4.90 Å². The fourth-order valence-electron chi connectivity index (χ4n) is 2.71. The van der Waals surface area contributed by atoms with Crippen LogP contribution < -0.4 is 0 Å². The average Bonchev–Trinajstić information content (AvgIpc) is 3.17. The Bertz CT molecular complexity index is 508. The topological polar surface area (TPSA) is 57.6 Å². The Hall–Kier alpha value is -1.84. The van der Waals surface area contributed by atoms with E-state index in [1.54, 1.807) is 11.0 Å². The number of hydrogen-bond donors (Lipinski definition) is 1. The molecule has 0 bridgehead atoms. The summed E-state index contributed by atoms with van der Waals surface area (Å²) in [6, 6.07) is 6.84. The van der Waals surface area contributed by atoms with Crippen molar-refractivity contribution >= 4 is 11.9 Å². The van der Waals surface area contributed by atoms with Gasteiger partial charge in [0.15, 0.2) is 0 Å². The monoisotopic (exact) mass is 245 g/mol. The summed E-state index contributed by atoms with van der Waals surface area (Å²) in [6.07, 6.45) is 2.59. The SMILES string of the molecule is O=C(O)C(C1CC1)N1CCc2ccccc2C1=O. The second kappa shape index (κ2) is 4.12. The number of benzene rings is 1. The molecule has 1 aliphatic heterocycles. The molecule has 1 atom stereocenters. The maximum Gasteiger partial charge on any atom is 0.326 e. The van der Waals surface area contributed by atoms with Crippen LogP contribution in [-0.2, 0) is 11.2 Å². The zero-order valence-electron chi connectivity index (χ0n) is 10.0. The van der Waals surface area contributed by atoms with Crippen molar-refractivity contribution in [3.05, 3.63) is 35.4 Å². The molecule has 3 rings (SSSR count). The Morgan fingerprint density at radius 3 is 2.72 bits per heavy atom. The van der Waals surface area contributed by atoms with Gasteiger partial charge in [-0.15, -0.1) is 0 Å². The van der Waals surface area contributed by atoms with E-state index in [4.69, 9.17) is 0 Å². The second-order valence-corrected chi connectivity index (χ2v) is 5.03. The Balaban J connectivity index is 1.92. The van der Waals surface area contributed by atoms with Gasteiger partial charge in [-0.2, -0.15) is 0 Å². The van der Waals surface area contributed by atoms with Gasteiger partial charge in [-0.25, -0.2) is 4.79 Å². The van der Waals surface area contributed by atoms with Gasteiger partial charge in [-0.1, -0.05) is 18.2 Å². The predicted molar refractivity (Wildman–Crippen MR) is 65.3 cm³/mol. The molecule has 1 unspecified atom stereocenters. The van der Waals surface area contributed by atoms with Crippen LogP contribution in [0.1, 0.15) is 28.8 Å². The van der Waals surface area contributed by atoms with Gasteiger partial charge in [0.2, 0.25) is 0 Å². The first-order valence-electron chi connectivity index (χ1n) is 6.30. The fraction of sp³-hybridized carbons (Fsp3) is 0.429. The van der Waals surface area contributed by atoms with E-state index in [0.717, 1.165) is 24.8 Å². The van der Waals surface area contributed by atoms with Crippen molar-refractivity contribution in [3.63, 3.8) is 0 Å². The minimum Gasteiger partial charge on any atom is -0.480 e. The van der Waals surface area contributed by atoms with Crippen LogP contribution in [-0.4, -0.2) is 34.5 Å². The van der Waals surface area contributed by atoms with Gasteiger partial charge in [-0.05, 0) is 36.8 Å². The van der Waals surface area contributed by atoms with Crippen LogP contribution in [0, 0.1) is 5.92 Å². The number of carbonyl (C=O) groups is 2. The first-order chi connectivity index (χ1) is 8.68. The van der Waals surface area contributed by atoms with Crippen molar-refractivity contribution < 1.29 is 14.7 Å². The molecule has 0 radical (unpaired) electrons. The molecule has 1 heterocycles. The molecule has 1 aromatic rings. The van der Waals surface area contributed by atoms with E-state index in [1.165, 1.54) is 0 Å². The van der Waals surface area contributed by atoms with Crippen LogP contribution in [0.5, 0.6) is 0 Å². The molecule has 1 aliphatic carbocycles. The lowest BCUT2D eigenvalue weighted by Gasteiger charge is -2.33. The summed E-state index contributed by atoms with van der Waals surface area (Å²) in [7, 11) is 0. The van der Waals surface area contributed by atoms with E-state index < -0.39 is 12.0 Å². The number of carboxylic acids is 1. The van der Waals surface area contributed by atoms with Gasteiger partial charge in [0.1, 0.15) is 6.04 Å². The van der Waals surface area contributed by atoms with E-state index in [9.17, 15) is 14.7 Å². The number of aliphatic carboxylic acids is 1. The number of carbonyl (C=O) groups excluding carboxylic acids is 1. The summed E-state index contributed by atoms with van der Waals surface area (Å²) in [5.41, 5.74) is 1.69. The lowest BCUT2D eigenvalue weighted by Crippen LogP contribution is -2.49. The fourth-order valence-corrected chi connectivity index (χ4v) is 2.71. The first kappa shape index (κ1) is 11.3. The molecule has 0 aromatic heterocycles. The third-order valence-corrected chi connectivity index (χ3v) is 3.79. The lowest BCUT2D eigenvalue weighted by atomic mass is 9.97. The largest absolute Gasteiger partial charge is 0.480 e. The summed E-state index contributed by atoms with van der Waals surface area (Å²) < 4.78 is 0. The Kier molecular flexibility index (Phi) is 2.58. The minimum absolute atomic E-state index is 0.129. The average molecular weight is 245 g/mol. The highest BCUT2D eigenvalue weighted by Gasteiger charge is 2.43. The quantitative estimate of drug-likeness (QED) is 0.879. The van der Waals surface area contributed by atoms with Gasteiger partial charge < -0.3 is 10.0 Å². The molecule has 4 heteroatoms. The van der Waals surface area contributed by atoms with E-state index in [0.29, 0.717) is 12.1 Å². The Morgan fingerprint density at radius 1 is 1.33 bits per heavy atom. The Morgan fingerprint density at radius 2 is 2.06 bits per heavy atom. The van der Waals surface area contributed by atoms with Gasteiger partial charge in [0.05, 0.1) is 0 Å². The molecular formula is C14H15NO3. The van der Waals surface area contributed by atoms with E-state index in [-0.39, 0.29) is 11.8 Å². The molecule has 0 saturated heterocycles. The van der Waals surface area contributed by atoms with Crippen molar-refractivity contribution in [2.75, 3.05) is 6.54 Å². The molecule has 94 valence electrons. The first-order valence-corrected chi connectivity index (χ1v) is 6.30. The number of nitrogens with zero attached hydrogens (tertiary/aromatic N) is 1. The summed E-state index contributed by atoms with van der Waals surface area (Å²) in [6.45, 7) is 0.517. The van der Waals surface area contributed by atoms with Gasteiger partial charge >= 0.3 is 5.97 Å². The standard InChI is InChI=1S/C14H15NO3/c16-13-11-4-2-1-3-9(11)7-8-15(13)12(14(17)18)10-5-6-10/h1-4,10,12H,5-8H2,(H,17,18). The van der Waals surface area contributed by atoms with Crippen LogP contribution >= 0.6 is 0 Å². The van der Waals surface area contributed by atoms with E-state index >= 15 is 0 Å². The molecule has 1 aromatic carbocycles. The van der Waals surface area contributed by atoms with Crippen LogP contribution in [0.3, 0.4) is 0 Å². The van der Waals surface area contributed by atoms with Crippen molar-refractivity contribution in [3.8, 4) is 0 Å². The minimum atomic E-state index is -0.870. The van der Waals surface area contributed by atoms with Crippen LogP contribution in [0.25, 0.3) is 0 Å². The van der Waals surface area contributed by atoms with Crippen molar-refractivity contribution in [2.24, 2.45) is 5.92 Å². The normalized spacial score (nSPS) is 20.4. The molecular weight excluding hydrogens is 230 g/mol. The summed E-state index contributed by atoms with van der Waals surface area (Å²) in [4.78, 5) is 25.2. The molecule has 2 aliphatic rings. The van der Waals surface area contributed by atoms with Crippen molar-refractivity contribution in [1.29, 1.82) is 0 Å². The number of fused-ring (bicyclic) bond motifs is 1. The zero-order chi connectivity index (χ0) is 12.7.